The van der Waals surface area contributed by atoms with Gasteiger partial charge in [0.25, 0.3) is 5.69 Å². The molecule has 9 nitrogen and oxygen atoms in total. The normalized spacial score (nSPS) is 10.2. The Bertz CT molecular complexity index is 640. The van der Waals surface area contributed by atoms with Gasteiger partial charge in [-0.25, -0.2) is 0 Å². The maximum absolute atomic E-state index is 12.2. The second-order valence-electron chi connectivity index (χ2n) is 6.12. The van der Waals surface area contributed by atoms with E-state index in [1.165, 1.54) is 30.2 Å². The van der Waals surface area contributed by atoms with E-state index in [-0.39, 0.29) is 37.7 Å². The molecule has 0 bridgehead atoms. The lowest BCUT2D eigenvalue weighted by atomic mass is 10.2. The van der Waals surface area contributed by atoms with Crippen LogP contribution in [-0.2, 0) is 19.1 Å². The molecule has 0 atom stereocenters. The number of nitro groups is 1. The molecule has 0 unspecified atom stereocenters. The average molecular weight is 396 g/mol. The minimum Gasteiger partial charge on any atom is -0.495 e. The zero-order valence-corrected chi connectivity index (χ0v) is 16.6. The van der Waals surface area contributed by atoms with Gasteiger partial charge < -0.3 is 19.1 Å². The maximum Gasteiger partial charge on any atom is 0.325 e. The Morgan fingerprint density at radius 1 is 1.04 bits per heavy atom. The molecule has 0 heterocycles. The van der Waals surface area contributed by atoms with E-state index in [1.807, 2.05) is 13.8 Å². The van der Waals surface area contributed by atoms with Crippen molar-refractivity contribution in [3.05, 3.63) is 28.3 Å². The van der Waals surface area contributed by atoms with Crippen LogP contribution in [0.4, 0.5) is 11.4 Å². The summed E-state index contributed by atoms with van der Waals surface area (Å²) in [6.07, 6.45) is 3.20. The van der Waals surface area contributed by atoms with Crippen LogP contribution < -0.4 is 9.64 Å². The van der Waals surface area contributed by atoms with Gasteiger partial charge in [-0.3, -0.25) is 19.7 Å². The first-order valence-electron chi connectivity index (χ1n) is 9.31. The quantitative estimate of drug-likeness (QED) is 0.217. The molecule has 1 aromatic carbocycles. The Labute approximate surface area is 164 Å². The summed E-state index contributed by atoms with van der Waals surface area (Å²) in [6.45, 7) is 3.97. The van der Waals surface area contributed by atoms with Crippen LogP contribution in [0.3, 0.4) is 0 Å². The molecule has 1 aromatic rings. The third-order valence-electron chi connectivity index (χ3n) is 3.88. The molecule has 156 valence electrons. The van der Waals surface area contributed by atoms with Crippen molar-refractivity contribution in [1.82, 2.24) is 0 Å². The second kappa shape index (κ2) is 12.5. The lowest BCUT2D eigenvalue weighted by Gasteiger charge is -2.24. The lowest BCUT2D eigenvalue weighted by Crippen LogP contribution is -2.36. The number of non-ortho nitro benzene ring substituents is 1. The van der Waals surface area contributed by atoms with Crippen LogP contribution in [0, 0.1) is 10.1 Å². The van der Waals surface area contributed by atoms with Gasteiger partial charge in [0.15, 0.2) is 0 Å². The predicted molar refractivity (Wildman–Crippen MR) is 104 cm³/mol. The minimum absolute atomic E-state index is 0.181. The number of hydrogen-bond acceptors (Lipinski definition) is 8. The summed E-state index contributed by atoms with van der Waals surface area (Å²) in [6, 6.07) is 3.97. The molecular weight excluding hydrogens is 368 g/mol. The molecule has 28 heavy (non-hydrogen) atoms. The number of anilines is 1. The molecule has 1 rings (SSSR count). The Balaban J connectivity index is 3.04. The average Bonchev–Trinajstić information content (AvgIpc) is 2.67. The Morgan fingerprint density at radius 3 is 2.00 bits per heavy atom. The number of esters is 2. The topological polar surface area (TPSA) is 108 Å². The van der Waals surface area contributed by atoms with Crippen LogP contribution in [0.5, 0.6) is 5.75 Å². The number of benzene rings is 1. The van der Waals surface area contributed by atoms with Crippen LogP contribution in [0.25, 0.3) is 0 Å². The Kier molecular flexibility index (Phi) is 10.4. The number of carbonyl (C=O) groups is 2. The van der Waals surface area contributed by atoms with E-state index in [9.17, 15) is 19.7 Å². The molecule has 0 aromatic heterocycles. The van der Waals surface area contributed by atoms with Gasteiger partial charge in [0, 0.05) is 12.1 Å². The fourth-order valence-electron chi connectivity index (χ4n) is 2.33. The highest BCUT2D eigenvalue weighted by Gasteiger charge is 2.23. The van der Waals surface area contributed by atoms with Gasteiger partial charge >= 0.3 is 11.9 Å². The lowest BCUT2D eigenvalue weighted by molar-refractivity contribution is -0.384. The highest BCUT2D eigenvalue weighted by molar-refractivity contribution is 5.83. The molecule has 0 aliphatic rings. The van der Waals surface area contributed by atoms with E-state index in [0.717, 1.165) is 25.7 Å². The molecule has 0 spiro atoms. The van der Waals surface area contributed by atoms with Crippen molar-refractivity contribution in [2.45, 2.75) is 39.5 Å². The van der Waals surface area contributed by atoms with Gasteiger partial charge in [-0.05, 0) is 18.9 Å². The van der Waals surface area contributed by atoms with Crippen LogP contribution in [0.2, 0.25) is 0 Å². The van der Waals surface area contributed by atoms with Crippen molar-refractivity contribution < 1.29 is 28.7 Å². The van der Waals surface area contributed by atoms with Crippen LogP contribution in [0.15, 0.2) is 18.2 Å². The van der Waals surface area contributed by atoms with Crippen molar-refractivity contribution in [1.29, 1.82) is 0 Å². The van der Waals surface area contributed by atoms with Gasteiger partial charge in [0.05, 0.1) is 30.9 Å². The van der Waals surface area contributed by atoms with Crippen molar-refractivity contribution in [2.75, 3.05) is 38.3 Å². The molecule has 9 heteroatoms. The fourth-order valence-corrected chi connectivity index (χ4v) is 2.33. The number of rotatable bonds is 13. The minimum atomic E-state index is -0.555. The van der Waals surface area contributed by atoms with Gasteiger partial charge in [0.1, 0.15) is 18.8 Å². The van der Waals surface area contributed by atoms with Crippen molar-refractivity contribution in [3.63, 3.8) is 0 Å². The molecule has 0 amide bonds. The zero-order valence-electron chi connectivity index (χ0n) is 16.6. The number of carbonyl (C=O) groups excluding carboxylic acids is 2. The van der Waals surface area contributed by atoms with Gasteiger partial charge in [-0.15, -0.1) is 0 Å². The summed E-state index contributed by atoms with van der Waals surface area (Å²) >= 11 is 0. The fraction of sp³-hybridized carbons (Fsp3) is 0.579. The first-order valence-corrected chi connectivity index (χ1v) is 9.31. The molecule has 0 fully saturated rings. The number of nitrogens with zero attached hydrogens (tertiary/aromatic N) is 2. The van der Waals surface area contributed by atoms with Gasteiger partial charge in [-0.2, -0.15) is 0 Å². The van der Waals surface area contributed by atoms with E-state index >= 15 is 0 Å². The Morgan fingerprint density at radius 2 is 1.57 bits per heavy atom. The molecule has 0 radical (unpaired) electrons. The summed E-state index contributed by atoms with van der Waals surface area (Å²) in [7, 11) is 1.40. The molecule has 0 saturated carbocycles. The SMILES string of the molecule is CCCCOC(=O)CN(CC(=O)OCCCC)c1cc([N+](=O)[O-])ccc1OC. The number of methoxy groups -OCH3 is 1. The van der Waals surface area contributed by atoms with E-state index in [4.69, 9.17) is 14.2 Å². The van der Waals surface area contributed by atoms with Crippen LogP contribution >= 0.6 is 0 Å². The van der Waals surface area contributed by atoms with Gasteiger partial charge in [0.2, 0.25) is 0 Å². The summed E-state index contributed by atoms with van der Waals surface area (Å²) in [5, 5.41) is 11.1. The summed E-state index contributed by atoms with van der Waals surface area (Å²) in [4.78, 5) is 36.3. The Hall–Kier alpha value is -2.84. The van der Waals surface area contributed by atoms with E-state index < -0.39 is 16.9 Å². The van der Waals surface area contributed by atoms with Crippen molar-refractivity contribution >= 4 is 23.3 Å². The highest BCUT2D eigenvalue weighted by atomic mass is 16.6. The standard InChI is InChI=1S/C19H28N2O7/c1-4-6-10-27-18(22)13-20(14-19(23)28-11-7-5-2)16-12-15(21(24)25)8-9-17(16)26-3/h8-9,12H,4-7,10-11,13-14H2,1-3H3. The maximum atomic E-state index is 12.2. The second-order valence-corrected chi connectivity index (χ2v) is 6.12. The largest absolute Gasteiger partial charge is 0.495 e. The third-order valence-corrected chi connectivity index (χ3v) is 3.88. The number of nitro benzene ring substituents is 1. The molecule has 0 saturated heterocycles. The third kappa shape index (κ3) is 7.81. The number of ether oxygens (including phenoxy) is 3. The highest BCUT2D eigenvalue weighted by Crippen LogP contribution is 2.32. The zero-order chi connectivity index (χ0) is 20.9. The monoisotopic (exact) mass is 396 g/mol. The molecule has 0 aliphatic carbocycles. The number of hydrogen-bond donors (Lipinski definition) is 0. The summed E-state index contributed by atoms with van der Waals surface area (Å²) in [5.74, 6) is -0.778. The van der Waals surface area contributed by atoms with E-state index in [1.54, 1.807) is 0 Å². The molecule has 0 aliphatic heterocycles. The van der Waals surface area contributed by atoms with Crippen LogP contribution in [0.1, 0.15) is 39.5 Å². The summed E-state index contributed by atoms with van der Waals surface area (Å²) in [5.41, 5.74) is 0.0658. The van der Waals surface area contributed by atoms with Crippen molar-refractivity contribution in [2.24, 2.45) is 0 Å². The first kappa shape index (κ1) is 23.2. The first-order chi connectivity index (χ1) is 13.4. The summed E-state index contributed by atoms with van der Waals surface area (Å²) < 4.78 is 15.6. The number of unbranched alkanes of at least 4 members (excludes halogenated alkanes) is 2. The smallest absolute Gasteiger partial charge is 0.325 e. The predicted octanol–water partition coefficient (Wildman–Crippen LogP) is 3.10. The van der Waals surface area contributed by atoms with E-state index in [2.05, 4.69) is 0 Å². The van der Waals surface area contributed by atoms with Crippen molar-refractivity contribution in [3.8, 4) is 5.75 Å². The van der Waals surface area contributed by atoms with Crippen LogP contribution in [-0.4, -0.2) is 50.3 Å². The molecular formula is C19H28N2O7. The molecule has 0 N–H and O–H groups in total. The van der Waals surface area contributed by atoms with E-state index in [0.29, 0.717) is 5.75 Å². The van der Waals surface area contributed by atoms with Gasteiger partial charge in [-0.1, -0.05) is 26.7 Å².